The number of ether oxygens (including phenoxy) is 1. The van der Waals surface area contributed by atoms with E-state index in [2.05, 4.69) is 39.2 Å². The zero-order valence-electron chi connectivity index (χ0n) is 20.5. The molecule has 3 rings (SSSR count). The van der Waals surface area contributed by atoms with E-state index in [0.717, 1.165) is 56.7 Å². The molecule has 8 nitrogen and oxygen atoms in total. The number of nitrogens with one attached hydrogen (secondary N) is 2. The Morgan fingerprint density at radius 3 is 2.18 bits per heavy atom. The molecule has 1 aliphatic carbocycles. The fraction of sp³-hybridized carbons (Fsp3) is 0.708. The highest BCUT2D eigenvalue weighted by Gasteiger charge is 2.32. The molecule has 0 unspecified atom stereocenters. The molecule has 0 spiro atoms. The highest BCUT2D eigenvalue weighted by Crippen LogP contribution is 2.27. The zero-order chi connectivity index (χ0) is 24.1. The lowest BCUT2D eigenvalue weighted by Crippen LogP contribution is -2.49. The van der Waals surface area contributed by atoms with Gasteiger partial charge in [-0.15, -0.1) is 0 Å². The van der Waals surface area contributed by atoms with Crippen LogP contribution in [-0.4, -0.2) is 69.5 Å². The minimum absolute atomic E-state index is 0.0501. The van der Waals surface area contributed by atoms with Gasteiger partial charge >= 0.3 is 6.09 Å². The molecule has 186 valence electrons. The fourth-order valence-corrected chi connectivity index (χ4v) is 5.32. The van der Waals surface area contributed by atoms with Crippen molar-refractivity contribution < 1.29 is 17.9 Å². The minimum atomic E-state index is -3.29. The normalized spacial score (nSPS) is 22.2. The Morgan fingerprint density at radius 1 is 1.03 bits per heavy atom. The van der Waals surface area contributed by atoms with Crippen molar-refractivity contribution in [2.24, 2.45) is 5.92 Å². The lowest BCUT2D eigenvalue weighted by atomic mass is 9.86. The number of hydrogen-bond acceptors (Lipinski definition) is 6. The minimum Gasteiger partial charge on any atom is -0.450 e. The van der Waals surface area contributed by atoms with E-state index >= 15 is 0 Å². The van der Waals surface area contributed by atoms with Gasteiger partial charge in [-0.1, -0.05) is 0 Å². The molecule has 0 bridgehead atoms. The van der Waals surface area contributed by atoms with E-state index in [1.54, 1.807) is 25.7 Å². The second-order valence-corrected chi connectivity index (χ2v) is 12.5. The number of hydrogen-bond donors (Lipinski definition) is 2. The van der Waals surface area contributed by atoms with Crippen LogP contribution in [0.15, 0.2) is 24.3 Å². The molecular formula is C24H40N4O4S. The molecular weight excluding hydrogens is 440 g/mol. The molecule has 0 atom stereocenters. The number of amides is 1. The van der Waals surface area contributed by atoms with Gasteiger partial charge < -0.3 is 19.9 Å². The van der Waals surface area contributed by atoms with Gasteiger partial charge in [0.05, 0.1) is 11.4 Å². The molecule has 1 saturated heterocycles. The molecule has 2 fully saturated rings. The van der Waals surface area contributed by atoms with Crippen LogP contribution in [0.5, 0.6) is 0 Å². The molecule has 1 heterocycles. The summed E-state index contributed by atoms with van der Waals surface area (Å²) in [6, 6.07) is 8.52. The van der Waals surface area contributed by atoms with Crippen LogP contribution in [0.2, 0.25) is 0 Å². The van der Waals surface area contributed by atoms with E-state index in [1.807, 2.05) is 6.92 Å². The Morgan fingerprint density at radius 2 is 1.64 bits per heavy atom. The Labute approximate surface area is 199 Å². The molecule has 1 aliphatic heterocycles. The number of rotatable bonds is 7. The predicted molar refractivity (Wildman–Crippen MR) is 133 cm³/mol. The van der Waals surface area contributed by atoms with E-state index in [4.69, 9.17) is 4.74 Å². The highest BCUT2D eigenvalue weighted by atomic mass is 32.2. The SMILES string of the molecule is CCOC(=O)N1CCN(c2ccc(NCC3CCC(NS(=O)(=O)C(C)(C)C)CC3)cc2)CC1. The second-order valence-electron chi connectivity index (χ2n) is 10.1. The fourth-order valence-electron chi connectivity index (χ4n) is 4.29. The van der Waals surface area contributed by atoms with Gasteiger partial charge in [-0.2, -0.15) is 0 Å². The van der Waals surface area contributed by atoms with Crippen LogP contribution in [0.3, 0.4) is 0 Å². The Balaban J connectivity index is 1.40. The van der Waals surface area contributed by atoms with Crippen LogP contribution in [0.4, 0.5) is 16.2 Å². The van der Waals surface area contributed by atoms with E-state index in [9.17, 15) is 13.2 Å². The number of carbonyl (C=O) groups excluding carboxylic acids is 1. The van der Waals surface area contributed by atoms with Crippen LogP contribution in [0, 0.1) is 5.92 Å². The topological polar surface area (TPSA) is 91.0 Å². The first-order valence-corrected chi connectivity index (χ1v) is 13.6. The summed E-state index contributed by atoms with van der Waals surface area (Å²) in [6.07, 6.45) is 3.59. The number of sulfonamides is 1. The van der Waals surface area contributed by atoms with E-state index in [-0.39, 0.29) is 12.1 Å². The lowest BCUT2D eigenvalue weighted by molar-refractivity contribution is 0.105. The monoisotopic (exact) mass is 480 g/mol. The van der Waals surface area contributed by atoms with Crippen molar-refractivity contribution in [1.29, 1.82) is 0 Å². The van der Waals surface area contributed by atoms with Gasteiger partial charge in [0.1, 0.15) is 0 Å². The molecule has 0 aromatic heterocycles. The summed E-state index contributed by atoms with van der Waals surface area (Å²) in [5.74, 6) is 0.552. The Bertz CT molecular complexity index is 867. The number of nitrogens with zero attached hydrogens (tertiary/aromatic N) is 2. The van der Waals surface area contributed by atoms with Crippen LogP contribution in [0.25, 0.3) is 0 Å². The second kappa shape index (κ2) is 11.0. The molecule has 1 amide bonds. The first-order valence-electron chi connectivity index (χ1n) is 12.1. The smallest absolute Gasteiger partial charge is 0.409 e. The lowest BCUT2D eigenvalue weighted by Gasteiger charge is -2.35. The molecule has 9 heteroatoms. The van der Waals surface area contributed by atoms with Crippen molar-refractivity contribution >= 4 is 27.5 Å². The van der Waals surface area contributed by atoms with Crippen LogP contribution in [0.1, 0.15) is 53.4 Å². The van der Waals surface area contributed by atoms with Crippen molar-refractivity contribution in [3.8, 4) is 0 Å². The molecule has 1 saturated carbocycles. The third-order valence-corrected chi connectivity index (χ3v) is 8.86. The standard InChI is InChI=1S/C24H40N4O4S/c1-5-32-23(29)28-16-14-27(15-17-28)22-12-10-20(11-13-22)25-18-19-6-8-21(9-7-19)26-33(30,31)24(2,3)4/h10-13,19,21,25-26H,5-9,14-18H2,1-4H3. The first-order chi connectivity index (χ1) is 15.6. The highest BCUT2D eigenvalue weighted by molar-refractivity contribution is 7.90. The third-order valence-electron chi connectivity index (χ3n) is 6.61. The summed E-state index contributed by atoms with van der Waals surface area (Å²) in [5, 5.41) is 3.54. The average molecular weight is 481 g/mol. The largest absolute Gasteiger partial charge is 0.450 e. The van der Waals surface area contributed by atoms with Crippen LogP contribution >= 0.6 is 0 Å². The van der Waals surface area contributed by atoms with Crippen molar-refractivity contribution in [3.05, 3.63) is 24.3 Å². The van der Waals surface area contributed by atoms with Crippen molar-refractivity contribution in [2.75, 3.05) is 49.5 Å². The molecule has 0 radical (unpaired) electrons. The van der Waals surface area contributed by atoms with Crippen molar-refractivity contribution in [2.45, 2.75) is 64.2 Å². The summed E-state index contributed by atoms with van der Waals surface area (Å²) in [6.45, 7) is 11.3. The van der Waals surface area contributed by atoms with Crippen LogP contribution < -0.4 is 14.9 Å². The summed E-state index contributed by atoms with van der Waals surface area (Å²) in [4.78, 5) is 15.9. The maximum absolute atomic E-state index is 12.4. The van der Waals surface area contributed by atoms with Gasteiger partial charge in [-0.25, -0.2) is 17.9 Å². The maximum Gasteiger partial charge on any atom is 0.409 e. The average Bonchev–Trinajstić information content (AvgIpc) is 2.78. The van der Waals surface area contributed by atoms with Crippen LogP contribution in [-0.2, 0) is 14.8 Å². The third kappa shape index (κ3) is 6.99. The van der Waals surface area contributed by atoms with Crippen molar-refractivity contribution in [1.82, 2.24) is 9.62 Å². The van der Waals surface area contributed by atoms with E-state index in [1.165, 1.54) is 0 Å². The molecule has 33 heavy (non-hydrogen) atoms. The summed E-state index contributed by atoms with van der Waals surface area (Å²) >= 11 is 0. The van der Waals surface area contributed by atoms with E-state index in [0.29, 0.717) is 25.6 Å². The molecule has 1 aromatic carbocycles. The van der Waals surface area contributed by atoms with E-state index < -0.39 is 14.8 Å². The van der Waals surface area contributed by atoms with Gasteiger partial charge in [-0.3, -0.25) is 0 Å². The zero-order valence-corrected chi connectivity index (χ0v) is 21.3. The molecule has 2 aliphatic rings. The first kappa shape index (κ1) is 25.6. The van der Waals surface area contributed by atoms with Crippen molar-refractivity contribution in [3.63, 3.8) is 0 Å². The Hall–Kier alpha value is -2.00. The summed E-state index contributed by atoms with van der Waals surface area (Å²) in [5.41, 5.74) is 2.26. The van der Waals surface area contributed by atoms with Gasteiger partial charge in [0.15, 0.2) is 0 Å². The summed E-state index contributed by atoms with van der Waals surface area (Å²) < 4.78 is 32.0. The van der Waals surface area contributed by atoms with Gasteiger partial charge in [0, 0.05) is 50.1 Å². The Kier molecular flexibility index (Phi) is 8.50. The number of benzene rings is 1. The molecule has 1 aromatic rings. The number of piperazine rings is 1. The number of anilines is 2. The molecule has 2 N–H and O–H groups in total. The van der Waals surface area contributed by atoms with Gasteiger partial charge in [0.2, 0.25) is 10.0 Å². The predicted octanol–water partition coefficient (Wildman–Crippen LogP) is 3.65. The quantitative estimate of drug-likeness (QED) is 0.619. The maximum atomic E-state index is 12.4. The number of carbonyl (C=O) groups is 1. The van der Waals surface area contributed by atoms with Gasteiger partial charge in [0.25, 0.3) is 0 Å². The summed E-state index contributed by atoms with van der Waals surface area (Å²) in [7, 11) is -3.29. The van der Waals surface area contributed by atoms with Gasteiger partial charge in [-0.05, 0) is 83.6 Å².